The van der Waals surface area contributed by atoms with Gasteiger partial charge in [-0.05, 0) is 31.6 Å². The summed E-state index contributed by atoms with van der Waals surface area (Å²) in [4.78, 5) is 10.4. The molecule has 0 spiro atoms. The average Bonchev–Trinajstić information content (AvgIpc) is 2.92. The van der Waals surface area contributed by atoms with E-state index in [0.29, 0.717) is 11.8 Å². The molecule has 1 fully saturated rings. The summed E-state index contributed by atoms with van der Waals surface area (Å²) in [6.07, 6.45) is 10.9. The molecule has 2 rings (SSSR count). The highest BCUT2D eigenvalue weighted by Crippen LogP contribution is 2.37. The largest absolute Gasteiger partial charge is 0.478 e. The predicted molar refractivity (Wildman–Crippen MR) is 75.2 cm³/mol. The number of rotatable bonds is 6. The fraction of sp³-hybridized carbons (Fsp3) is 0.667. The number of nitrogens with zero attached hydrogens (tertiary/aromatic N) is 2. The number of carboxylic acids is 1. The molecule has 20 heavy (non-hydrogen) atoms. The highest BCUT2D eigenvalue weighted by molar-refractivity contribution is 5.84. The van der Waals surface area contributed by atoms with Gasteiger partial charge in [-0.25, -0.2) is 4.79 Å². The highest BCUT2D eigenvalue weighted by atomic mass is 16.4. The average molecular weight is 278 g/mol. The van der Waals surface area contributed by atoms with Gasteiger partial charge in [0.25, 0.3) is 0 Å². The van der Waals surface area contributed by atoms with Gasteiger partial charge in [0, 0.05) is 18.1 Å². The Morgan fingerprint density at radius 2 is 2.10 bits per heavy atom. The van der Waals surface area contributed by atoms with E-state index in [4.69, 9.17) is 9.52 Å². The Hall–Kier alpha value is -1.65. The summed E-state index contributed by atoms with van der Waals surface area (Å²) in [6, 6.07) is 0. The quantitative estimate of drug-likeness (QED) is 0.804. The monoisotopic (exact) mass is 278 g/mol. The molecule has 0 amide bonds. The second-order valence-electron chi connectivity index (χ2n) is 5.51. The van der Waals surface area contributed by atoms with E-state index in [0.717, 1.165) is 24.8 Å². The van der Waals surface area contributed by atoms with E-state index >= 15 is 0 Å². The van der Waals surface area contributed by atoms with E-state index in [1.807, 2.05) is 0 Å². The van der Waals surface area contributed by atoms with Crippen molar-refractivity contribution in [3.8, 4) is 0 Å². The molecule has 1 aromatic heterocycles. The van der Waals surface area contributed by atoms with Crippen molar-refractivity contribution in [3.05, 3.63) is 17.9 Å². The van der Waals surface area contributed by atoms with Crippen molar-refractivity contribution < 1.29 is 14.3 Å². The van der Waals surface area contributed by atoms with Gasteiger partial charge in [0.15, 0.2) is 0 Å². The molecule has 1 aliphatic rings. The molecule has 0 unspecified atom stereocenters. The lowest BCUT2D eigenvalue weighted by Gasteiger charge is -2.26. The van der Waals surface area contributed by atoms with Crippen LogP contribution in [0.5, 0.6) is 0 Å². The fourth-order valence-corrected chi connectivity index (χ4v) is 2.81. The fourth-order valence-electron chi connectivity index (χ4n) is 2.81. The molecule has 0 radical (unpaired) electrons. The van der Waals surface area contributed by atoms with Gasteiger partial charge >= 0.3 is 5.97 Å². The van der Waals surface area contributed by atoms with Crippen LogP contribution in [0.4, 0.5) is 0 Å². The molecule has 1 aromatic rings. The second kappa shape index (κ2) is 7.22. The minimum Gasteiger partial charge on any atom is -0.478 e. The predicted octanol–water partition coefficient (Wildman–Crippen LogP) is 3.63. The molecule has 1 aliphatic carbocycles. The van der Waals surface area contributed by atoms with E-state index in [1.165, 1.54) is 38.2 Å². The molecule has 0 saturated heterocycles. The molecule has 0 aromatic carbocycles. The van der Waals surface area contributed by atoms with Gasteiger partial charge in [0.05, 0.1) is 0 Å². The number of aromatic nitrogens is 2. The van der Waals surface area contributed by atoms with Crippen LogP contribution >= 0.6 is 0 Å². The maximum atomic E-state index is 10.4. The van der Waals surface area contributed by atoms with Crippen molar-refractivity contribution >= 4 is 12.0 Å². The van der Waals surface area contributed by atoms with E-state index in [1.54, 1.807) is 0 Å². The molecule has 5 nitrogen and oxygen atoms in total. The zero-order chi connectivity index (χ0) is 14.4. The number of carbonyl (C=O) groups is 1. The molecule has 5 heteroatoms. The van der Waals surface area contributed by atoms with Crippen LogP contribution < -0.4 is 0 Å². The Balaban J connectivity index is 1.86. The summed E-state index contributed by atoms with van der Waals surface area (Å²) in [5.41, 5.74) is 0. The lowest BCUT2D eigenvalue weighted by atomic mass is 9.80. The summed E-state index contributed by atoms with van der Waals surface area (Å²) in [6.45, 7) is 2.23. The first-order valence-corrected chi connectivity index (χ1v) is 7.43. The molecule has 0 atom stereocenters. The Labute approximate surface area is 119 Å². The third kappa shape index (κ3) is 4.18. The standard InChI is InChI=1S/C15H22N2O3/c1-2-3-4-11-5-7-12(8-6-11)15-17-16-13(20-15)9-10-14(18)19/h9-12H,2-8H2,1H3,(H,18,19)/b10-9+. The first-order valence-electron chi connectivity index (χ1n) is 7.43. The lowest BCUT2D eigenvalue weighted by Crippen LogP contribution is -2.13. The van der Waals surface area contributed by atoms with Gasteiger partial charge in [-0.2, -0.15) is 0 Å². The zero-order valence-electron chi connectivity index (χ0n) is 11.9. The van der Waals surface area contributed by atoms with Crippen LogP contribution in [0.3, 0.4) is 0 Å². The van der Waals surface area contributed by atoms with Gasteiger partial charge in [-0.1, -0.05) is 26.2 Å². The van der Waals surface area contributed by atoms with Crippen LogP contribution in [-0.4, -0.2) is 21.3 Å². The minimum atomic E-state index is -1.01. The minimum absolute atomic E-state index is 0.274. The normalized spacial score (nSPS) is 23.2. The van der Waals surface area contributed by atoms with E-state index < -0.39 is 5.97 Å². The van der Waals surface area contributed by atoms with Gasteiger partial charge in [0.1, 0.15) is 0 Å². The Morgan fingerprint density at radius 3 is 2.75 bits per heavy atom. The highest BCUT2D eigenvalue weighted by Gasteiger charge is 2.25. The van der Waals surface area contributed by atoms with Crippen molar-refractivity contribution in [1.29, 1.82) is 0 Å². The Bertz CT molecular complexity index is 459. The molecule has 0 bridgehead atoms. The molecule has 1 N–H and O–H groups in total. The summed E-state index contributed by atoms with van der Waals surface area (Å²) in [5, 5.41) is 16.5. The molecule has 110 valence electrons. The van der Waals surface area contributed by atoms with Crippen LogP contribution in [0, 0.1) is 5.92 Å². The van der Waals surface area contributed by atoms with E-state index in [2.05, 4.69) is 17.1 Å². The van der Waals surface area contributed by atoms with Crippen molar-refractivity contribution in [1.82, 2.24) is 10.2 Å². The van der Waals surface area contributed by atoms with E-state index in [9.17, 15) is 4.79 Å². The number of hydrogen-bond acceptors (Lipinski definition) is 4. The second-order valence-corrected chi connectivity index (χ2v) is 5.51. The first-order chi connectivity index (χ1) is 9.69. The lowest BCUT2D eigenvalue weighted by molar-refractivity contribution is -0.131. The van der Waals surface area contributed by atoms with Crippen molar-refractivity contribution in [3.63, 3.8) is 0 Å². The maximum Gasteiger partial charge on any atom is 0.328 e. The Morgan fingerprint density at radius 1 is 1.35 bits per heavy atom. The third-order valence-electron chi connectivity index (χ3n) is 3.99. The molecular weight excluding hydrogens is 256 g/mol. The molecular formula is C15H22N2O3. The van der Waals surface area contributed by atoms with Gasteiger partial charge in [-0.3, -0.25) is 0 Å². The number of carboxylic acid groups (broad SMARTS) is 1. The molecule has 0 aliphatic heterocycles. The maximum absolute atomic E-state index is 10.4. The topological polar surface area (TPSA) is 76.2 Å². The van der Waals surface area contributed by atoms with Gasteiger partial charge < -0.3 is 9.52 Å². The van der Waals surface area contributed by atoms with Crippen LogP contribution in [0.15, 0.2) is 10.5 Å². The van der Waals surface area contributed by atoms with Crippen LogP contribution in [0.1, 0.15) is 69.6 Å². The van der Waals surface area contributed by atoms with Crippen molar-refractivity contribution in [2.75, 3.05) is 0 Å². The van der Waals surface area contributed by atoms with E-state index in [-0.39, 0.29) is 5.89 Å². The summed E-state index contributed by atoms with van der Waals surface area (Å²) in [7, 11) is 0. The van der Waals surface area contributed by atoms with Crippen LogP contribution in [0.2, 0.25) is 0 Å². The number of aliphatic carboxylic acids is 1. The van der Waals surface area contributed by atoms with Crippen molar-refractivity contribution in [2.45, 2.75) is 57.8 Å². The third-order valence-corrected chi connectivity index (χ3v) is 3.99. The summed E-state index contributed by atoms with van der Waals surface area (Å²) < 4.78 is 5.52. The smallest absolute Gasteiger partial charge is 0.328 e. The summed E-state index contributed by atoms with van der Waals surface area (Å²) in [5.74, 6) is 1.11. The van der Waals surface area contributed by atoms with Gasteiger partial charge in [0.2, 0.25) is 11.8 Å². The SMILES string of the molecule is CCCCC1CCC(c2nnc(/C=C/C(=O)O)o2)CC1. The number of unbranched alkanes of at least 4 members (excludes halogenated alkanes) is 1. The molecule has 1 heterocycles. The van der Waals surface area contributed by atoms with Crippen molar-refractivity contribution in [2.24, 2.45) is 5.92 Å². The number of hydrogen-bond donors (Lipinski definition) is 1. The summed E-state index contributed by atoms with van der Waals surface area (Å²) >= 11 is 0. The Kier molecular flexibility index (Phi) is 5.32. The molecule has 1 saturated carbocycles. The zero-order valence-corrected chi connectivity index (χ0v) is 11.9. The van der Waals surface area contributed by atoms with Crippen LogP contribution in [0.25, 0.3) is 6.08 Å². The van der Waals surface area contributed by atoms with Gasteiger partial charge in [-0.15, -0.1) is 10.2 Å². The van der Waals surface area contributed by atoms with Crippen LogP contribution in [-0.2, 0) is 4.79 Å². The first kappa shape index (κ1) is 14.8.